The highest BCUT2D eigenvalue weighted by Crippen LogP contribution is 2.32. The summed E-state index contributed by atoms with van der Waals surface area (Å²) < 4.78 is 4.98. The molecule has 8 nitrogen and oxygen atoms in total. The Labute approximate surface area is 159 Å². The first-order valence-corrected chi connectivity index (χ1v) is 9.32. The van der Waals surface area contributed by atoms with Crippen LogP contribution in [-0.2, 0) is 4.79 Å². The van der Waals surface area contributed by atoms with Crippen LogP contribution in [-0.4, -0.2) is 47.4 Å². The van der Waals surface area contributed by atoms with Crippen molar-refractivity contribution >= 4 is 17.5 Å². The standard InChI is InChI=1S/C19H27N3O5/c1-4-21(5-2)18(24)19(11-7-6-8-12-19)20-17(23)14-9-10-16(27-3)15(13-14)22(25)26/h9-10,13H,4-8,11-12H2,1-3H3,(H,20,23). The number of hydrogen-bond acceptors (Lipinski definition) is 5. The number of likely N-dealkylation sites (N-methyl/N-ethyl adjacent to an activating group) is 1. The van der Waals surface area contributed by atoms with Crippen molar-refractivity contribution in [2.75, 3.05) is 20.2 Å². The molecule has 1 aromatic rings. The van der Waals surface area contributed by atoms with Gasteiger partial charge in [0.25, 0.3) is 5.91 Å². The van der Waals surface area contributed by atoms with E-state index in [-0.39, 0.29) is 22.9 Å². The zero-order valence-electron chi connectivity index (χ0n) is 16.1. The second-order valence-electron chi connectivity index (χ2n) is 6.72. The van der Waals surface area contributed by atoms with Crippen molar-refractivity contribution in [3.63, 3.8) is 0 Å². The Morgan fingerprint density at radius 1 is 1.22 bits per heavy atom. The third-order valence-electron chi connectivity index (χ3n) is 5.16. The van der Waals surface area contributed by atoms with Gasteiger partial charge in [-0.25, -0.2) is 0 Å². The lowest BCUT2D eigenvalue weighted by Gasteiger charge is -2.40. The Morgan fingerprint density at radius 3 is 2.37 bits per heavy atom. The van der Waals surface area contributed by atoms with Crippen molar-refractivity contribution in [1.29, 1.82) is 0 Å². The van der Waals surface area contributed by atoms with Gasteiger partial charge in [-0.1, -0.05) is 19.3 Å². The van der Waals surface area contributed by atoms with E-state index in [4.69, 9.17) is 4.74 Å². The summed E-state index contributed by atoms with van der Waals surface area (Å²) in [5, 5.41) is 14.1. The van der Waals surface area contributed by atoms with Crippen LogP contribution in [0.3, 0.4) is 0 Å². The predicted octanol–water partition coefficient (Wildman–Crippen LogP) is 2.90. The van der Waals surface area contributed by atoms with Gasteiger partial charge in [-0.15, -0.1) is 0 Å². The third-order valence-corrected chi connectivity index (χ3v) is 5.16. The molecule has 27 heavy (non-hydrogen) atoms. The number of benzene rings is 1. The molecule has 1 aliphatic carbocycles. The highest BCUT2D eigenvalue weighted by molar-refractivity contribution is 6.00. The lowest BCUT2D eigenvalue weighted by Crippen LogP contribution is -2.60. The average molecular weight is 377 g/mol. The van der Waals surface area contributed by atoms with Crippen LogP contribution >= 0.6 is 0 Å². The van der Waals surface area contributed by atoms with E-state index in [0.717, 1.165) is 19.3 Å². The maximum atomic E-state index is 13.1. The largest absolute Gasteiger partial charge is 0.490 e. The summed E-state index contributed by atoms with van der Waals surface area (Å²) in [4.78, 5) is 38.3. The number of ether oxygens (including phenoxy) is 1. The molecular weight excluding hydrogens is 350 g/mol. The van der Waals surface area contributed by atoms with Gasteiger partial charge in [0.1, 0.15) is 5.54 Å². The van der Waals surface area contributed by atoms with Crippen LogP contribution in [0.2, 0.25) is 0 Å². The first-order valence-electron chi connectivity index (χ1n) is 9.32. The van der Waals surface area contributed by atoms with E-state index in [1.807, 2.05) is 13.8 Å². The summed E-state index contributed by atoms with van der Waals surface area (Å²) >= 11 is 0. The number of carbonyl (C=O) groups excluding carboxylic acids is 2. The van der Waals surface area contributed by atoms with Gasteiger partial charge in [0.2, 0.25) is 5.91 Å². The number of nitrogens with zero attached hydrogens (tertiary/aromatic N) is 2. The molecule has 0 aromatic heterocycles. The summed E-state index contributed by atoms with van der Waals surface area (Å²) in [5.41, 5.74) is -1.09. The van der Waals surface area contributed by atoms with Crippen molar-refractivity contribution in [3.05, 3.63) is 33.9 Å². The summed E-state index contributed by atoms with van der Waals surface area (Å²) in [6.07, 6.45) is 3.89. The van der Waals surface area contributed by atoms with Gasteiger partial charge >= 0.3 is 5.69 Å². The fraction of sp³-hybridized carbons (Fsp3) is 0.579. The predicted molar refractivity (Wildman–Crippen MR) is 101 cm³/mol. The number of hydrogen-bond donors (Lipinski definition) is 1. The molecule has 2 rings (SSSR count). The van der Waals surface area contributed by atoms with E-state index >= 15 is 0 Å². The molecule has 0 saturated heterocycles. The molecule has 0 atom stereocenters. The Bertz CT molecular complexity index is 709. The number of amides is 2. The maximum absolute atomic E-state index is 13.1. The first kappa shape index (κ1) is 20.7. The average Bonchev–Trinajstić information content (AvgIpc) is 2.68. The molecule has 0 radical (unpaired) electrons. The number of nitro benzene ring substituents is 1. The fourth-order valence-corrected chi connectivity index (χ4v) is 3.62. The molecule has 0 aliphatic heterocycles. The van der Waals surface area contributed by atoms with Gasteiger partial charge < -0.3 is 15.0 Å². The minimum absolute atomic E-state index is 0.0800. The smallest absolute Gasteiger partial charge is 0.311 e. The molecule has 1 N–H and O–H groups in total. The molecular formula is C19H27N3O5. The summed E-state index contributed by atoms with van der Waals surface area (Å²) in [6.45, 7) is 4.96. The van der Waals surface area contributed by atoms with Crippen LogP contribution < -0.4 is 10.1 Å². The van der Waals surface area contributed by atoms with Crippen LogP contribution in [0, 0.1) is 10.1 Å². The van der Waals surface area contributed by atoms with Crippen LogP contribution in [0.25, 0.3) is 0 Å². The van der Waals surface area contributed by atoms with E-state index in [1.54, 1.807) is 4.90 Å². The lowest BCUT2D eigenvalue weighted by atomic mass is 9.80. The van der Waals surface area contributed by atoms with Crippen LogP contribution in [0.4, 0.5) is 5.69 Å². The zero-order valence-corrected chi connectivity index (χ0v) is 16.1. The van der Waals surface area contributed by atoms with Gasteiger partial charge in [-0.05, 0) is 38.8 Å². The highest BCUT2D eigenvalue weighted by Gasteiger charge is 2.43. The Morgan fingerprint density at radius 2 is 1.85 bits per heavy atom. The van der Waals surface area contributed by atoms with Gasteiger partial charge in [0.05, 0.1) is 12.0 Å². The molecule has 0 heterocycles. The number of nitrogens with one attached hydrogen (secondary N) is 1. The monoisotopic (exact) mass is 377 g/mol. The SMILES string of the molecule is CCN(CC)C(=O)C1(NC(=O)c2ccc(OC)c([N+](=O)[O-])c2)CCCCC1. The van der Waals surface area contributed by atoms with Crippen molar-refractivity contribution < 1.29 is 19.2 Å². The van der Waals surface area contributed by atoms with Crippen molar-refractivity contribution in [2.45, 2.75) is 51.5 Å². The van der Waals surface area contributed by atoms with E-state index in [2.05, 4.69) is 5.32 Å². The minimum Gasteiger partial charge on any atom is -0.490 e. The second kappa shape index (κ2) is 8.83. The van der Waals surface area contributed by atoms with Gasteiger partial charge in [0, 0.05) is 24.7 Å². The molecule has 0 unspecified atom stereocenters. The molecule has 1 aromatic carbocycles. The quantitative estimate of drug-likeness (QED) is 0.581. The number of nitro groups is 1. The van der Waals surface area contributed by atoms with Gasteiger partial charge in [-0.3, -0.25) is 19.7 Å². The first-order chi connectivity index (χ1) is 12.9. The number of rotatable bonds is 7. The molecule has 1 aliphatic rings. The van der Waals surface area contributed by atoms with E-state index < -0.39 is 16.4 Å². The zero-order chi connectivity index (χ0) is 20.0. The Kier molecular flexibility index (Phi) is 6.76. The summed E-state index contributed by atoms with van der Waals surface area (Å²) in [5.74, 6) is -0.477. The Hall–Kier alpha value is -2.64. The topological polar surface area (TPSA) is 102 Å². The number of methoxy groups -OCH3 is 1. The Balaban J connectivity index is 2.32. The van der Waals surface area contributed by atoms with Crippen LogP contribution in [0.5, 0.6) is 5.75 Å². The van der Waals surface area contributed by atoms with Gasteiger partial charge in [0.15, 0.2) is 5.75 Å². The summed E-state index contributed by atoms with van der Waals surface area (Å²) in [6, 6.07) is 4.05. The van der Waals surface area contributed by atoms with Gasteiger partial charge in [-0.2, -0.15) is 0 Å². The van der Waals surface area contributed by atoms with Crippen LogP contribution in [0.15, 0.2) is 18.2 Å². The van der Waals surface area contributed by atoms with Crippen molar-refractivity contribution in [2.24, 2.45) is 0 Å². The van der Waals surface area contributed by atoms with Crippen LogP contribution in [0.1, 0.15) is 56.3 Å². The second-order valence-corrected chi connectivity index (χ2v) is 6.72. The van der Waals surface area contributed by atoms with Crippen molar-refractivity contribution in [1.82, 2.24) is 10.2 Å². The molecule has 1 fully saturated rings. The van der Waals surface area contributed by atoms with E-state index in [0.29, 0.717) is 25.9 Å². The molecule has 8 heteroatoms. The maximum Gasteiger partial charge on any atom is 0.311 e. The molecule has 0 spiro atoms. The fourth-order valence-electron chi connectivity index (χ4n) is 3.62. The molecule has 2 amide bonds. The van der Waals surface area contributed by atoms with E-state index in [9.17, 15) is 19.7 Å². The summed E-state index contributed by atoms with van der Waals surface area (Å²) in [7, 11) is 1.34. The molecule has 0 bridgehead atoms. The van der Waals surface area contributed by atoms with E-state index in [1.165, 1.54) is 25.3 Å². The molecule has 1 saturated carbocycles. The van der Waals surface area contributed by atoms with Crippen molar-refractivity contribution in [3.8, 4) is 5.75 Å². The number of carbonyl (C=O) groups is 2. The lowest BCUT2D eigenvalue weighted by molar-refractivity contribution is -0.385. The normalized spacial score (nSPS) is 15.7. The third kappa shape index (κ3) is 4.37. The molecule has 148 valence electrons. The highest BCUT2D eigenvalue weighted by atomic mass is 16.6. The minimum atomic E-state index is -0.948.